The molecule has 4 nitrogen and oxygen atoms in total. The smallest absolute Gasteiger partial charge is 0.779 e. The largest absolute Gasteiger partial charge is 1.00 e. The fraction of sp³-hybridized carbons (Fsp3) is 1.00. The van der Waals surface area contributed by atoms with Crippen LogP contribution >= 0.6 is 7.60 Å². The molecule has 0 amide bonds. The molecule has 1 atom stereocenters. The molecule has 0 bridgehead atoms. The van der Waals surface area contributed by atoms with Crippen molar-refractivity contribution in [2.75, 3.05) is 26.5 Å². The van der Waals surface area contributed by atoms with Crippen LogP contribution in [0.4, 0.5) is 0 Å². The second-order valence-corrected chi connectivity index (χ2v) is 4.02. The summed E-state index contributed by atoms with van der Waals surface area (Å²) in [4.78, 5) is 10.4. The SMILES string of the molecule is CCCOCCOP(C)(=O)[O-].[K+]. The van der Waals surface area contributed by atoms with Crippen molar-refractivity contribution in [2.45, 2.75) is 13.3 Å². The first-order valence-electron chi connectivity index (χ1n) is 3.57. The summed E-state index contributed by atoms with van der Waals surface area (Å²) in [5.41, 5.74) is 0. The van der Waals surface area contributed by atoms with E-state index in [4.69, 9.17) is 4.74 Å². The van der Waals surface area contributed by atoms with Gasteiger partial charge in [0.15, 0.2) is 0 Å². The number of hydrogen-bond donors (Lipinski definition) is 0. The monoisotopic (exact) mass is 220 g/mol. The molecule has 0 spiro atoms. The molecule has 0 aromatic rings. The minimum absolute atomic E-state index is 0. The van der Waals surface area contributed by atoms with Gasteiger partial charge in [0, 0.05) is 13.3 Å². The van der Waals surface area contributed by atoms with Crippen LogP contribution in [0.2, 0.25) is 0 Å². The van der Waals surface area contributed by atoms with Gasteiger partial charge in [-0.15, -0.1) is 0 Å². The van der Waals surface area contributed by atoms with E-state index < -0.39 is 7.60 Å². The van der Waals surface area contributed by atoms with Gasteiger partial charge in [-0.3, -0.25) is 0 Å². The maximum Gasteiger partial charge on any atom is 1.00 e. The van der Waals surface area contributed by atoms with Crippen molar-refractivity contribution in [3.8, 4) is 0 Å². The molecular formula is C6H14KO4P. The Morgan fingerprint density at radius 3 is 2.33 bits per heavy atom. The summed E-state index contributed by atoms with van der Waals surface area (Å²) in [7, 11) is -3.54. The third-order valence-corrected chi connectivity index (χ3v) is 1.55. The predicted octanol–water partition coefficient (Wildman–Crippen LogP) is -2.38. The van der Waals surface area contributed by atoms with Gasteiger partial charge in [0.25, 0.3) is 0 Å². The second-order valence-electron chi connectivity index (χ2n) is 2.22. The molecule has 68 valence electrons. The molecule has 0 rings (SSSR count). The summed E-state index contributed by atoms with van der Waals surface area (Å²) in [5, 5.41) is 0. The Labute approximate surface area is 116 Å². The van der Waals surface area contributed by atoms with E-state index in [0.717, 1.165) is 13.1 Å². The Hall–Kier alpha value is 1.75. The molecule has 0 radical (unpaired) electrons. The van der Waals surface area contributed by atoms with Crippen LogP contribution in [-0.2, 0) is 13.8 Å². The predicted molar refractivity (Wildman–Crippen MR) is 40.6 cm³/mol. The van der Waals surface area contributed by atoms with Crippen LogP contribution in [0.15, 0.2) is 0 Å². The third kappa shape index (κ3) is 14.3. The van der Waals surface area contributed by atoms with Gasteiger partial charge in [-0.2, -0.15) is 0 Å². The molecule has 0 saturated heterocycles. The van der Waals surface area contributed by atoms with E-state index in [1.807, 2.05) is 6.92 Å². The van der Waals surface area contributed by atoms with E-state index in [0.29, 0.717) is 13.2 Å². The van der Waals surface area contributed by atoms with Crippen LogP contribution in [-0.4, -0.2) is 26.5 Å². The first kappa shape index (κ1) is 16.2. The summed E-state index contributed by atoms with van der Waals surface area (Å²) in [5.74, 6) is 0. The number of ether oxygens (including phenoxy) is 1. The molecule has 0 heterocycles. The van der Waals surface area contributed by atoms with Crippen LogP contribution in [0.25, 0.3) is 0 Å². The standard InChI is InChI=1S/C6H15O4P.K/c1-3-4-9-5-6-10-11(2,7)8;/h3-6H2,1-2H3,(H,7,8);/q;+1/p-1. The van der Waals surface area contributed by atoms with Crippen molar-refractivity contribution < 1.29 is 70.1 Å². The van der Waals surface area contributed by atoms with Crippen molar-refractivity contribution in [3.63, 3.8) is 0 Å². The zero-order valence-electron chi connectivity index (χ0n) is 7.91. The van der Waals surface area contributed by atoms with Gasteiger partial charge in [0.2, 0.25) is 0 Å². The fourth-order valence-electron chi connectivity index (χ4n) is 0.508. The Bertz CT molecular complexity index is 136. The van der Waals surface area contributed by atoms with E-state index in [2.05, 4.69) is 4.52 Å². The van der Waals surface area contributed by atoms with Gasteiger partial charge in [0.05, 0.1) is 13.2 Å². The average Bonchev–Trinajstić information content (AvgIpc) is 1.85. The van der Waals surface area contributed by atoms with Crippen molar-refractivity contribution in [3.05, 3.63) is 0 Å². The van der Waals surface area contributed by atoms with Crippen molar-refractivity contribution >= 4 is 7.60 Å². The van der Waals surface area contributed by atoms with E-state index >= 15 is 0 Å². The molecule has 0 N–H and O–H groups in total. The first-order valence-corrected chi connectivity index (χ1v) is 5.56. The fourth-order valence-corrected chi connectivity index (χ4v) is 0.915. The molecule has 6 heteroatoms. The van der Waals surface area contributed by atoms with Crippen LogP contribution in [0.5, 0.6) is 0 Å². The summed E-state index contributed by atoms with van der Waals surface area (Å²) >= 11 is 0. The van der Waals surface area contributed by atoms with Crippen molar-refractivity contribution in [2.24, 2.45) is 0 Å². The summed E-state index contributed by atoms with van der Waals surface area (Å²) in [6, 6.07) is 0. The molecule has 0 fully saturated rings. The van der Waals surface area contributed by atoms with Gasteiger partial charge < -0.3 is 18.7 Å². The molecule has 0 aliphatic rings. The molecule has 1 unspecified atom stereocenters. The van der Waals surface area contributed by atoms with Crippen molar-refractivity contribution in [1.29, 1.82) is 0 Å². The first-order chi connectivity index (χ1) is 5.06. The van der Waals surface area contributed by atoms with Gasteiger partial charge in [-0.05, 0) is 6.42 Å². The summed E-state index contributed by atoms with van der Waals surface area (Å²) < 4.78 is 19.9. The average molecular weight is 220 g/mol. The minimum Gasteiger partial charge on any atom is -0.779 e. The Balaban J connectivity index is 0. The van der Waals surface area contributed by atoms with E-state index in [1.54, 1.807) is 0 Å². The maximum atomic E-state index is 10.4. The Kier molecular flexibility index (Phi) is 12.6. The molecule has 0 saturated carbocycles. The normalized spacial score (nSPS) is 14.9. The van der Waals surface area contributed by atoms with E-state index in [9.17, 15) is 9.46 Å². The Morgan fingerprint density at radius 2 is 1.92 bits per heavy atom. The number of rotatable bonds is 6. The molecule has 0 aliphatic heterocycles. The molecular weight excluding hydrogens is 206 g/mol. The molecule has 0 aromatic heterocycles. The number of hydrogen-bond acceptors (Lipinski definition) is 4. The topological polar surface area (TPSA) is 58.6 Å². The van der Waals surface area contributed by atoms with Gasteiger partial charge in [-0.1, -0.05) is 6.92 Å². The summed E-state index contributed by atoms with van der Waals surface area (Å²) in [6.07, 6.45) is 0.932. The van der Waals surface area contributed by atoms with Gasteiger partial charge in [0.1, 0.15) is 7.60 Å². The van der Waals surface area contributed by atoms with Gasteiger partial charge >= 0.3 is 51.4 Å². The van der Waals surface area contributed by atoms with E-state index in [-0.39, 0.29) is 58.0 Å². The summed E-state index contributed by atoms with van der Waals surface area (Å²) in [6.45, 7) is 4.15. The minimum atomic E-state index is -3.54. The zero-order chi connectivity index (χ0) is 8.74. The second kappa shape index (κ2) is 9.31. The quantitative estimate of drug-likeness (QED) is 0.285. The van der Waals surface area contributed by atoms with Crippen molar-refractivity contribution in [1.82, 2.24) is 0 Å². The van der Waals surface area contributed by atoms with Crippen LogP contribution in [0.1, 0.15) is 13.3 Å². The molecule has 0 aliphatic carbocycles. The van der Waals surface area contributed by atoms with Gasteiger partial charge in [-0.25, -0.2) is 0 Å². The van der Waals surface area contributed by atoms with Crippen LogP contribution in [0, 0.1) is 0 Å². The maximum absolute atomic E-state index is 10.4. The zero-order valence-corrected chi connectivity index (χ0v) is 11.9. The molecule has 12 heavy (non-hydrogen) atoms. The Morgan fingerprint density at radius 1 is 1.33 bits per heavy atom. The molecule has 0 aromatic carbocycles. The van der Waals surface area contributed by atoms with Crippen LogP contribution < -0.4 is 56.3 Å². The van der Waals surface area contributed by atoms with Crippen LogP contribution in [0.3, 0.4) is 0 Å². The van der Waals surface area contributed by atoms with E-state index in [1.165, 1.54) is 0 Å². The third-order valence-electron chi connectivity index (χ3n) is 0.902.